The van der Waals surface area contributed by atoms with Crippen LogP contribution >= 0.6 is 0 Å². The first-order valence-corrected chi connectivity index (χ1v) is 5.58. The molecule has 0 fully saturated rings. The van der Waals surface area contributed by atoms with Crippen LogP contribution in [0.25, 0.3) is 6.08 Å². The normalized spacial score (nSPS) is 10.6. The van der Waals surface area contributed by atoms with Gasteiger partial charge in [-0.15, -0.1) is 0 Å². The first kappa shape index (κ1) is 12.5. The molecule has 1 aromatic carbocycles. The molecule has 0 saturated heterocycles. The van der Waals surface area contributed by atoms with Crippen molar-refractivity contribution in [1.82, 2.24) is 0 Å². The quantitative estimate of drug-likeness (QED) is 0.683. The van der Waals surface area contributed by atoms with Crippen molar-refractivity contribution in [2.75, 3.05) is 6.61 Å². The van der Waals surface area contributed by atoms with Gasteiger partial charge in [0.15, 0.2) is 0 Å². The topological polar surface area (TPSA) is 26.3 Å². The molecule has 1 rings (SSSR count). The summed E-state index contributed by atoms with van der Waals surface area (Å²) in [7, 11) is 0. The summed E-state index contributed by atoms with van der Waals surface area (Å²) in [5.74, 6) is 1.09. The van der Waals surface area contributed by atoms with Gasteiger partial charge in [-0.1, -0.05) is 30.4 Å². The lowest BCUT2D eigenvalue weighted by Crippen LogP contribution is -2.01. The standard InChI is InChI=1S/C14H18O2/c1-3-7-13-9-4-5-10-14(13)16-11-6-8-12(2)15/h3-5,7,9-10H,6,8,11H2,1-2H3. The zero-order valence-electron chi connectivity index (χ0n) is 9.90. The molecule has 0 radical (unpaired) electrons. The van der Waals surface area contributed by atoms with E-state index >= 15 is 0 Å². The van der Waals surface area contributed by atoms with E-state index in [1.807, 2.05) is 43.3 Å². The highest BCUT2D eigenvalue weighted by Gasteiger charge is 1.99. The molecule has 0 aliphatic rings. The molecule has 0 saturated carbocycles. The van der Waals surface area contributed by atoms with Crippen molar-refractivity contribution >= 4 is 11.9 Å². The molecule has 1 aromatic rings. The molecule has 0 aliphatic carbocycles. The van der Waals surface area contributed by atoms with E-state index in [1.165, 1.54) is 0 Å². The van der Waals surface area contributed by atoms with E-state index in [0.29, 0.717) is 13.0 Å². The second kappa shape index (κ2) is 6.83. The maximum absolute atomic E-state index is 10.8. The molecule has 0 spiro atoms. The van der Waals surface area contributed by atoms with Gasteiger partial charge in [-0.25, -0.2) is 0 Å². The van der Waals surface area contributed by atoms with Crippen LogP contribution in [0.1, 0.15) is 32.3 Å². The number of carbonyl (C=O) groups excluding carboxylic acids is 1. The first-order valence-electron chi connectivity index (χ1n) is 5.58. The highest BCUT2D eigenvalue weighted by Crippen LogP contribution is 2.19. The molecule has 2 heteroatoms. The lowest BCUT2D eigenvalue weighted by molar-refractivity contribution is -0.117. The van der Waals surface area contributed by atoms with Crippen molar-refractivity contribution in [2.45, 2.75) is 26.7 Å². The second-order valence-electron chi connectivity index (χ2n) is 3.69. The summed E-state index contributed by atoms with van der Waals surface area (Å²) in [6.45, 7) is 4.18. The van der Waals surface area contributed by atoms with Crippen LogP contribution in [0.2, 0.25) is 0 Å². The van der Waals surface area contributed by atoms with Gasteiger partial charge in [-0.2, -0.15) is 0 Å². The molecule has 0 heterocycles. The van der Waals surface area contributed by atoms with Gasteiger partial charge < -0.3 is 9.53 Å². The van der Waals surface area contributed by atoms with Crippen molar-refractivity contribution in [3.63, 3.8) is 0 Å². The lowest BCUT2D eigenvalue weighted by Gasteiger charge is -2.08. The Labute approximate surface area is 96.9 Å². The van der Waals surface area contributed by atoms with Gasteiger partial charge in [0.2, 0.25) is 0 Å². The lowest BCUT2D eigenvalue weighted by atomic mass is 10.2. The van der Waals surface area contributed by atoms with Gasteiger partial charge in [0.05, 0.1) is 6.61 Å². The van der Waals surface area contributed by atoms with E-state index < -0.39 is 0 Å². The fourth-order valence-electron chi connectivity index (χ4n) is 1.43. The third-order valence-electron chi connectivity index (χ3n) is 2.20. The number of hydrogen-bond acceptors (Lipinski definition) is 2. The van der Waals surface area contributed by atoms with Crippen molar-refractivity contribution in [1.29, 1.82) is 0 Å². The zero-order valence-corrected chi connectivity index (χ0v) is 9.90. The Hall–Kier alpha value is -1.57. The Morgan fingerprint density at radius 1 is 1.38 bits per heavy atom. The number of Topliss-reactive ketones (excluding diaryl/α,β-unsaturated/α-hetero) is 1. The van der Waals surface area contributed by atoms with Crippen LogP contribution < -0.4 is 4.74 Å². The minimum Gasteiger partial charge on any atom is -0.493 e. The molecular formula is C14H18O2. The fraction of sp³-hybridized carbons (Fsp3) is 0.357. The number of benzene rings is 1. The van der Waals surface area contributed by atoms with Gasteiger partial charge in [0.1, 0.15) is 11.5 Å². The number of ether oxygens (including phenoxy) is 1. The maximum Gasteiger partial charge on any atom is 0.129 e. The molecule has 16 heavy (non-hydrogen) atoms. The molecule has 0 N–H and O–H groups in total. The average Bonchev–Trinajstić information content (AvgIpc) is 2.26. The number of ketones is 1. The molecule has 86 valence electrons. The number of hydrogen-bond donors (Lipinski definition) is 0. The molecule has 2 nitrogen and oxygen atoms in total. The van der Waals surface area contributed by atoms with Crippen LogP contribution in [0.15, 0.2) is 30.3 Å². The Bertz CT molecular complexity index is 367. The molecule has 0 amide bonds. The summed E-state index contributed by atoms with van der Waals surface area (Å²) >= 11 is 0. The molecule has 0 unspecified atom stereocenters. The van der Waals surface area contributed by atoms with Crippen LogP contribution in [0, 0.1) is 0 Å². The first-order chi connectivity index (χ1) is 7.74. The summed E-state index contributed by atoms with van der Waals surface area (Å²) in [6.07, 6.45) is 5.36. The summed E-state index contributed by atoms with van der Waals surface area (Å²) in [4.78, 5) is 10.8. The second-order valence-corrected chi connectivity index (χ2v) is 3.69. The maximum atomic E-state index is 10.8. The third kappa shape index (κ3) is 4.30. The van der Waals surface area contributed by atoms with Gasteiger partial charge in [0.25, 0.3) is 0 Å². The van der Waals surface area contributed by atoms with E-state index in [2.05, 4.69) is 0 Å². The largest absolute Gasteiger partial charge is 0.493 e. The van der Waals surface area contributed by atoms with Crippen LogP contribution in [-0.4, -0.2) is 12.4 Å². The van der Waals surface area contributed by atoms with Crippen LogP contribution in [-0.2, 0) is 4.79 Å². The molecule has 0 aliphatic heterocycles. The van der Waals surface area contributed by atoms with Crippen molar-refractivity contribution in [3.05, 3.63) is 35.9 Å². The predicted molar refractivity (Wildman–Crippen MR) is 66.6 cm³/mol. The predicted octanol–water partition coefficient (Wildman–Crippen LogP) is 3.47. The zero-order chi connectivity index (χ0) is 11.8. The average molecular weight is 218 g/mol. The van der Waals surface area contributed by atoms with Gasteiger partial charge in [0, 0.05) is 12.0 Å². The third-order valence-corrected chi connectivity index (χ3v) is 2.20. The minimum absolute atomic E-state index is 0.213. The highest BCUT2D eigenvalue weighted by atomic mass is 16.5. The Balaban J connectivity index is 2.49. The number of rotatable bonds is 6. The summed E-state index contributed by atoms with van der Waals surface area (Å²) in [5.41, 5.74) is 1.08. The molecule has 0 atom stereocenters. The van der Waals surface area contributed by atoms with E-state index in [-0.39, 0.29) is 5.78 Å². The smallest absolute Gasteiger partial charge is 0.129 e. The van der Waals surface area contributed by atoms with Crippen LogP contribution in [0.4, 0.5) is 0 Å². The molecule has 0 aromatic heterocycles. The number of allylic oxidation sites excluding steroid dienone is 1. The Morgan fingerprint density at radius 2 is 2.12 bits per heavy atom. The highest BCUT2D eigenvalue weighted by molar-refractivity contribution is 5.75. The Kier molecular flexibility index (Phi) is 5.34. The van der Waals surface area contributed by atoms with E-state index in [4.69, 9.17) is 4.74 Å². The van der Waals surface area contributed by atoms with E-state index in [9.17, 15) is 4.79 Å². The van der Waals surface area contributed by atoms with E-state index in [1.54, 1.807) is 6.92 Å². The van der Waals surface area contributed by atoms with E-state index in [0.717, 1.165) is 17.7 Å². The monoisotopic (exact) mass is 218 g/mol. The van der Waals surface area contributed by atoms with Gasteiger partial charge in [-0.05, 0) is 26.3 Å². The number of carbonyl (C=O) groups is 1. The number of para-hydroxylation sites is 1. The summed E-state index contributed by atoms with van der Waals surface area (Å²) in [6, 6.07) is 7.90. The van der Waals surface area contributed by atoms with Crippen molar-refractivity contribution in [2.24, 2.45) is 0 Å². The van der Waals surface area contributed by atoms with Crippen LogP contribution in [0.5, 0.6) is 5.75 Å². The Morgan fingerprint density at radius 3 is 2.81 bits per heavy atom. The van der Waals surface area contributed by atoms with Gasteiger partial charge in [-0.3, -0.25) is 0 Å². The summed E-state index contributed by atoms with van der Waals surface area (Å²) in [5, 5.41) is 0. The molecule has 0 bridgehead atoms. The van der Waals surface area contributed by atoms with Crippen molar-refractivity contribution in [3.8, 4) is 5.75 Å². The fourth-order valence-corrected chi connectivity index (χ4v) is 1.43. The van der Waals surface area contributed by atoms with Gasteiger partial charge >= 0.3 is 0 Å². The summed E-state index contributed by atoms with van der Waals surface area (Å²) < 4.78 is 5.64. The van der Waals surface area contributed by atoms with Crippen molar-refractivity contribution < 1.29 is 9.53 Å². The molecular weight excluding hydrogens is 200 g/mol. The van der Waals surface area contributed by atoms with Crippen LogP contribution in [0.3, 0.4) is 0 Å². The SMILES string of the molecule is CC=Cc1ccccc1OCCCC(C)=O. The minimum atomic E-state index is 0.213.